The average molecular weight is 182 g/mol. The van der Waals surface area contributed by atoms with E-state index in [0.717, 1.165) is 0 Å². The first-order valence-electron chi connectivity index (χ1n) is 3.70. The molecule has 0 atom stereocenters. The molecule has 1 rings (SSSR count). The molecule has 0 unspecified atom stereocenters. The van der Waals surface area contributed by atoms with Crippen LogP contribution < -0.4 is 10.5 Å². The number of amidine groups is 1. The lowest BCUT2D eigenvalue weighted by molar-refractivity contribution is 0.314. The molecule has 0 amide bonds. The Morgan fingerprint density at radius 1 is 1.77 bits per heavy atom. The van der Waals surface area contributed by atoms with Crippen molar-refractivity contribution in [1.82, 2.24) is 9.97 Å². The molecular weight excluding hydrogens is 172 g/mol. The summed E-state index contributed by atoms with van der Waals surface area (Å²) in [5.41, 5.74) is 5.75. The van der Waals surface area contributed by atoms with Gasteiger partial charge in [-0.3, -0.25) is 0 Å². The Labute approximate surface area is 75.1 Å². The van der Waals surface area contributed by atoms with Crippen molar-refractivity contribution in [3.8, 4) is 5.88 Å². The zero-order valence-electron chi connectivity index (χ0n) is 7.14. The number of rotatable bonds is 3. The molecule has 0 saturated heterocycles. The molecule has 70 valence electrons. The van der Waals surface area contributed by atoms with Crippen LogP contribution in [0, 0.1) is 0 Å². The van der Waals surface area contributed by atoms with Crippen molar-refractivity contribution in [2.45, 2.75) is 6.92 Å². The highest BCUT2D eigenvalue weighted by Gasteiger charge is 2.08. The summed E-state index contributed by atoms with van der Waals surface area (Å²) in [5.74, 6) is 0.247. The van der Waals surface area contributed by atoms with Gasteiger partial charge in [-0.2, -0.15) is 0 Å². The molecule has 1 heterocycles. The Balaban J connectivity index is 3.04. The second-order valence-electron chi connectivity index (χ2n) is 2.16. The Morgan fingerprint density at radius 2 is 2.54 bits per heavy atom. The minimum absolute atomic E-state index is 0.0657. The van der Waals surface area contributed by atoms with Crippen molar-refractivity contribution in [2.24, 2.45) is 10.9 Å². The molecule has 1 aromatic heterocycles. The van der Waals surface area contributed by atoms with Gasteiger partial charge in [0.1, 0.15) is 11.9 Å². The second-order valence-corrected chi connectivity index (χ2v) is 2.16. The highest BCUT2D eigenvalue weighted by Crippen LogP contribution is 2.11. The van der Waals surface area contributed by atoms with E-state index >= 15 is 0 Å². The van der Waals surface area contributed by atoms with Crippen LogP contribution >= 0.6 is 0 Å². The van der Waals surface area contributed by atoms with Crippen molar-refractivity contribution < 1.29 is 9.94 Å². The predicted molar refractivity (Wildman–Crippen MR) is 45.7 cm³/mol. The number of nitrogens with two attached hydrogens (primary N) is 1. The third kappa shape index (κ3) is 2.05. The first-order chi connectivity index (χ1) is 6.29. The largest absolute Gasteiger partial charge is 0.477 e. The van der Waals surface area contributed by atoms with Crippen LogP contribution in [0.5, 0.6) is 5.88 Å². The van der Waals surface area contributed by atoms with Gasteiger partial charge in [0.2, 0.25) is 5.88 Å². The zero-order chi connectivity index (χ0) is 9.68. The highest BCUT2D eigenvalue weighted by atomic mass is 16.5. The summed E-state index contributed by atoms with van der Waals surface area (Å²) >= 11 is 0. The van der Waals surface area contributed by atoms with Gasteiger partial charge in [-0.1, -0.05) is 5.16 Å². The van der Waals surface area contributed by atoms with E-state index in [0.29, 0.717) is 18.1 Å². The van der Waals surface area contributed by atoms with Crippen LogP contribution in [0.3, 0.4) is 0 Å². The van der Waals surface area contributed by atoms with E-state index in [4.69, 9.17) is 15.7 Å². The van der Waals surface area contributed by atoms with Crippen molar-refractivity contribution >= 4 is 5.84 Å². The number of oxime groups is 1. The summed E-state index contributed by atoms with van der Waals surface area (Å²) in [7, 11) is 0. The molecular formula is C7H10N4O2. The smallest absolute Gasteiger partial charge is 0.227 e. The summed E-state index contributed by atoms with van der Waals surface area (Å²) in [6.45, 7) is 2.28. The van der Waals surface area contributed by atoms with Gasteiger partial charge >= 0.3 is 0 Å². The minimum Gasteiger partial charge on any atom is -0.477 e. The van der Waals surface area contributed by atoms with E-state index in [1.165, 1.54) is 12.5 Å². The van der Waals surface area contributed by atoms with Gasteiger partial charge in [-0.15, -0.1) is 0 Å². The van der Waals surface area contributed by atoms with Gasteiger partial charge in [0.25, 0.3) is 0 Å². The van der Waals surface area contributed by atoms with Gasteiger partial charge in [0, 0.05) is 6.20 Å². The standard InChI is InChI=1S/C7H10N4O2/c1-2-13-7-5(6(8)11-12)3-9-4-10-7/h3-4,12H,2H2,1H3,(H2,8,11). The quantitative estimate of drug-likeness (QED) is 0.296. The maximum Gasteiger partial charge on any atom is 0.227 e. The Bertz CT molecular complexity index is 313. The molecule has 0 aliphatic heterocycles. The van der Waals surface area contributed by atoms with Crippen molar-refractivity contribution in [3.63, 3.8) is 0 Å². The fraction of sp³-hybridized carbons (Fsp3) is 0.286. The maximum atomic E-state index is 8.43. The maximum absolute atomic E-state index is 8.43. The first kappa shape index (κ1) is 9.24. The molecule has 0 aromatic carbocycles. The van der Waals surface area contributed by atoms with Crippen LogP contribution in [0.2, 0.25) is 0 Å². The molecule has 0 spiro atoms. The monoisotopic (exact) mass is 182 g/mol. The topological polar surface area (TPSA) is 93.6 Å². The average Bonchev–Trinajstić information content (AvgIpc) is 2.18. The summed E-state index contributed by atoms with van der Waals surface area (Å²) in [6.07, 6.45) is 2.76. The molecule has 0 radical (unpaired) electrons. The normalized spacial score (nSPS) is 11.3. The minimum atomic E-state index is -0.0657. The Hall–Kier alpha value is -1.85. The highest BCUT2D eigenvalue weighted by molar-refractivity contribution is 5.98. The van der Waals surface area contributed by atoms with E-state index in [2.05, 4.69) is 15.1 Å². The zero-order valence-corrected chi connectivity index (χ0v) is 7.14. The van der Waals surface area contributed by atoms with E-state index in [1.807, 2.05) is 6.92 Å². The second kappa shape index (κ2) is 4.24. The first-order valence-corrected chi connectivity index (χ1v) is 3.70. The van der Waals surface area contributed by atoms with E-state index < -0.39 is 0 Å². The lowest BCUT2D eigenvalue weighted by Crippen LogP contribution is -2.16. The van der Waals surface area contributed by atoms with Crippen LogP contribution in [0.25, 0.3) is 0 Å². The number of hydrogen-bond donors (Lipinski definition) is 2. The van der Waals surface area contributed by atoms with Crippen molar-refractivity contribution in [2.75, 3.05) is 6.61 Å². The number of nitrogens with zero attached hydrogens (tertiary/aromatic N) is 3. The third-order valence-corrected chi connectivity index (χ3v) is 1.34. The summed E-state index contributed by atoms with van der Waals surface area (Å²) in [4.78, 5) is 7.57. The lowest BCUT2D eigenvalue weighted by atomic mass is 10.3. The van der Waals surface area contributed by atoms with Crippen LogP contribution in [0.4, 0.5) is 0 Å². The molecule has 6 nitrogen and oxygen atoms in total. The fourth-order valence-electron chi connectivity index (χ4n) is 0.800. The van der Waals surface area contributed by atoms with Gasteiger partial charge in [-0.25, -0.2) is 9.97 Å². The van der Waals surface area contributed by atoms with Crippen molar-refractivity contribution in [1.29, 1.82) is 0 Å². The summed E-state index contributed by atoms with van der Waals surface area (Å²) in [5, 5.41) is 11.3. The summed E-state index contributed by atoms with van der Waals surface area (Å²) < 4.78 is 5.14. The summed E-state index contributed by atoms with van der Waals surface area (Å²) in [6, 6.07) is 0. The van der Waals surface area contributed by atoms with Crippen LogP contribution in [-0.4, -0.2) is 27.6 Å². The van der Waals surface area contributed by atoms with Gasteiger partial charge in [0.15, 0.2) is 5.84 Å². The molecule has 0 aliphatic carbocycles. The van der Waals surface area contributed by atoms with E-state index in [9.17, 15) is 0 Å². The molecule has 6 heteroatoms. The Kier molecular flexibility index (Phi) is 3.02. The SMILES string of the molecule is CCOc1ncncc1/C(N)=N\O. The van der Waals surface area contributed by atoms with E-state index in [-0.39, 0.29) is 5.84 Å². The molecule has 0 aliphatic rings. The van der Waals surface area contributed by atoms with E-state index in [1.54, 1.807) is 0 Å². The molecule has 0 fully saturated rings. The number of aromatic nitrogens is 2. The molecule has 13 heavy (non-hydrogen) atoms. The van der Waals surface area contributed by atoms with Gasteiger partial charge in [-0.05, 0) is 6.92 Å². The Morgan fingerprint density at radius 3 is 3.15 bits per heavy atom. The van der Waals surface area contributed by atoms with Crippen molar-refractivity contribution in [3.05, 3.63) is 18.1 Å². The molecule has 0 bridgehead atoms. The van der Waals surface area contributed by atoms with Crippen LogP contribution in [-0.2, 0) is 0 Å². The number of ether oxygens (including phenoxy) is 1. The lowest BCUT2D eigenvalue weighted by Gasteiger charge is -2.05. The third-order valence-electron chi connectivity index (χ3n) is 1.34. The number of hydrogen-bond acceptors (Lipinski definition) is 5. The predicted octanol–water partition coefficient (Wildman–Crippen LogP) is -0.0302. The van der Waals surface area contributed by atoms with Gasteiger partial charge in [0.05, 0.1) is 6.61 Å². The van der Waals surface area contributed by atoms with Crippen LogP contribution in [0.1, 0.15) is 12.5 Å². The van der Waals surface area contributed by atoms with Crippen LogP contribution in [0.15, 0.2) is 17.7 Å². The van der Waals surface area contributed by atoms with Gasteiger partial charge < -0.3 is 15.7 Å². The molecule has 0 saturated carbocycles. The fourth-order valence-corrected chi connectivity index (χ4v) is 0.800. The molecule has 3 N–H and O–H groups in total. The molecule has 1 aromatic rings.